The Bertz CT molecular complexity index is 607. The van der Waals surface area contributed by atoms with E-state index in [9.17, 15) is 12.8 Å². The largest absolute Gasteiger partial charge is 0.396 e. The Labute approximate surface area is 123 Å². The van der Waals surface area contributed by atoms with Crippen molar-refractivity contribution >= 4 is 27.3 Å². The van der Waals surface area contributed by atoms with E-state index in [0.717, 1.165) is 25.3 Å². The standard InChI is InChI=1S/C13H18ClFN2O2S/c1-2-10-5-3-4-6-17(10)20(18,19)12-8-9(14)7-11(16)13(12)15/h7-8,10H,2-6,16H2,1H3. The van der Waals surface area contributed by atoms with Gasteiger partial charge in [-0.1, -0.05) is 24.9 Å². The molecule has 112 valence electrons. The molecule has 0 aromatic heterocycles. The van der Waals surface area contributed by atoms with Gasteiger partial charge in [0.05, 0.1) is 5.69 Å². The fourth-order valence-corrected chi connectivity index (χ4v) is 4.78. The van der Waals surface area contributed by atoms with Gasteiger partial charge in [0, 0.05) is 17.6 Å². The predicted octanol–water partition coefficient (Wildman–Crippen LogP) is 3.01. The van der Waals surface area contributed by atoms with Crippen LogP contribution in [0.25, 0.3) is 0 Å². The lowest BCUT2D eigenvalue weighted by molar-refractivity contribution is 0.246. The minimum atomic E-state index is -3.91. The van der Waals surface area contributed by atoms with Crippen LogP contribution in [0.2, 0.25) is 5.02 Å². The van der Waals surface area contributed by atoms with Crippen LogP contribution in [0.5, 0.6) is 0 Å². The fraction of sp³-hybridized carbons (Fsp3) is 0.538. The summed E-state index contributed by atoms with van der Waals surface area (Å²) in [5.41, 5.74) is 5.22. The van der Waals surface area contributed by atoms with Gasteiger partial charge in [-0.25, -0.2) is 12.8 Å². The highest BCUT2D eigenvalue weighted by atomic mass is 35.5. The van der Waals surface area contributed by atoms with Crippen LogP contribution >= 0.6 is 11.6 Å². The molecule has 1 unspecified atom stereocenters. The summed E-state index contributed by atoms with van der Waals surface area (Å²) in [7, 11) is -3.91. The van der Waals surface area contributed by atoms with Crippen molar-refractivity contribution in [3.05, 3.63) is 23.0 Å². The van der Waals surface area contributed by atoms with Gasteiger partial charge in [0.25, 0.3) is 0 Å². The molecule has 1 saturated heterocycles. The van der Waals surface area contributed by atoms with Crippen molar-refractivity contribution in [2.24, 2.45) is 0 Å². The Morgan fingerprint density at radius 3 is 2.80 bits per heavy atom. The SMILES string of the molecule is CCC1CCCCN1S(=O)(=O)c1cc(Cl)cc(N)c1F. The van der Waals surface area contributed by atoms with Crippen molar-refractivity contribution in [3.8, 4) is 0 Å². The van der Waals surface area contributed by atoms with Gasteiger partial charge in [-0.15, -0.1) is 0 Å². The number of anilines is 1. The van der Waals surface area contributed by atoms with E-state index in [4.69, 9.17) is 17.3 Å². The van der Waals surface area contributed by atoms with Gasteiger partial charge in [-0.2, -0.15) is 4.31 Å². The Morgan fingerprint density at radius 2 is 2.15 bits per heavy atom. The summed E-state index contributed by atoms with van der Waals surface area (Å²) >= 11 is 5.81. The summed E-state index contributed by atoms with van der Waals surface area (Å²) in [5, 5.41) is 0.118. The second-order valence-electron chi connectivity index (χ2n) is 4.98. The van der Waals surface area contributed by atoms with Crippen LogP contribution in [0.15, 0.2) is 17.0 Å². The molecule has 0 amide bonds. The number of rotatable bonds is 3. The molecule has 0 aliphatic carbocycles. The molecule has 7 heteroatoms. The normalized spacial score (nSPS) is 21.1. The molecular weight excluding hydrogens is 303 g/mol. The van der Waals surface area contributed by atoms with Gasteiger partial charge in [0.15, 0.2) is 5.82 Å². The fourth-order valence-electron chi connectivity index (χ4n) is 2.60. The van der Waals surface area contributed by atoms with E-state index in [-0.39, 0.29) is 16.8 Å². The molecule has 2 N–H and O–H groups in total. The van der Waals surface area contributed by atoms with Crippen molar-refractivity contribution in [2.45, 2.75) is 43.5 Å². The summed E-state index contributed by atoms with van der Waals surface area (Å²) in [4.78, 5) is -0.428. The van der Waals surface area contributed by atoms with Crippen LogP contribution in [0.4, 0.5) is 10.1 Å². The highest BCUT2D eigenvalue weighted by Crippen LogP contribution is 2.31. The predicted molar refractivity (Wildman–Crippen MR) is 77.6 cm³/mol. The third-order valence-electron chi connectivity index (χ3n) is 3.66. The molecule has 1 aromatic rings. The van der Waals surface area contributed by atoms with Crippen molar-refractivity contribution in [1.29, 1.82) is 0 Å². The molecule has 1 atom stereocenters. The van der Waals surface area contributed by atoms with Crippen molar-refractivity contribution in [2.75, 3.05) is 12.3 Å². The van der Waals surface area contributed by atoms with Gasteiger partial charge in [-0.3, -0.25) is 0 Å². The number of halogens is 2. The summed E-state index contributed by atoms with van der Waals surface area (Å²) in [6.45, 7) is 2.34. The summed E-state index contributed by atoms with van der Waals surface area (Å²) in [6, 6.07) is 2.25. The van der Waals surface area contributed by atoms with E-state index in [1.54, 1.807) is 0 Å². The molecular formula is C13H18ClFN2O2S. The Balaban J connectivity index is 2.49. The van der Waals surface area contributed by atoms with Crippen LogP contribution < -0.4 is 5.73 Å². The molecule has 1 aliphatic rings. The maximum absolute atomic E-state index is 14.1. The number of nitrogen functional groups attached to an aromatic ring is 1. The van der Waals surface area contributed by atoms with Crippen LogP contribution in [0, 0.1) is 5.82 Å². The number of piperidine rings is 1. The van der Waals surface area contributed by atoms with E-state index in [0.29, 0.717) is 13.0 Å². The minimum absolute atomic E-state index is 0.0895. The van der Waals surface area contributed by atoms with Crippen LogP contribution in [0.1, 0.15) is 32.6 Å². The zero-order chi connectivity index (χ0) is 14.9. The molecule has 0 saturated carbocycles. The van der Waals surface area contributed by atoms with E-state index < -0.39 is 20.7 Å². The third kappa shape index (κ3) is 2.77. The highest BCUT2D eigenvalue weighted by molar-refractivity contribution is 7.89. The first-order valence-corrected chi connectivity index (χ1v) is 8.46. The maximum atomic E-state index is 14.1. The number of nitrogens with zero attached hydrogens (tertiary/aromatic N) is 1. The summed E-state index contributed by atoms with van der Waals surface area (Å²) < 4.78 is 40.8. The zero-order valence-electron chi connectivity index (χ0n) is 11.3. The van der Waals surface area contributed by atoms with Crippen molar-refractivity contribution in [1.82, 2.24) is 4.31 Å². The Hall–Kier alpha value is -0.850. The van der Waals surface area contributed by atoms with Crippen LogP contribution in [-0.4, -0.2) is 25.3 Å². The first-order valence-electron chi connectivity index (χ1n) is 6.64. The average Bonchev–Trinajstić information content (AvgIpc) is 2.42. The van der Waals surface area contributed by atoms with Crippen molar-refractivity contribution < 1.29 is 12.8 Å². The van der Waals surface area contributed by atoms with Crippen LogP contribution in [0.3, 0.4) is 0 Å². The monoisotopic (exact) mass is 320 g/mol. The number of nitrogens with two attached hydrogens (primary N) is 1. The lowest BCUT2D eigenvalue weighted by Crippen LogP contribution is -2.43. The molecule has 1 aromatic carbocycles. The molecule has 0 bridgehead atoms. The van der Waals surface area contributed by atoms with Gasteiger partial charge < -0.3 is 5.73 Å². The van der Waals surface area contributed by atoms with Gasteiger partial charge in [-0.05, 0) is 31.4 Å². The molecule has 4 nitrogen and oxygen atoms in total. The van der Waals surface area contributed by atoms with Crippen molar-refractivity contribution in [3.63, 3.8) is 0 Å². The molecule has 1 heterocycles. The summed E-state index contributed by atoms with van der Waals surface area (Å²) in [6.07, 6.45) is 3.28. The lowest BCUT2D eigenvalue weighted by Gasteiger charge is -2.34. The van der Waals surface area contributed by atoms with E-state index in [1.165, 1.54) is 10.4 Å². The van der Waals surface area contributed by atoms with Gasteiger partial charge >= 0.3 is 0 Å². The first-order chi connectivity index (χ1) is 9.37. The third-order valence-corrected chi connectivity index (χ3v) is 5.83. The Kier molecular flexibility index (Phi) is 4.56. The Morgan fingerprint density at radius 1 is 1.45 bits per heavy atom. The summed E-state index contributed by atoms with van der Waals surface area (Å²) in [5.74, 6) is -0.921. The molecule has 1 aliphatic heterocycles. The second-order valence-corrected chi connectivity index (χ2v) is 7.28. The molecule has 0 radical (unpaired) electrons. The highest BCUT2D eigenvalue weighted by Gasteiger charge is 2.34. The minimum Gasteiger partial charge on any atom is -0.396 e. The quantitative estimate of drug-likeness (QED) is 0.871. The number of hydrogen-bond donors (Lipinski definition) is 1. The van der Waals surface area contributed by atoms with E-state index >= 15 is 0 Å². The molecule has 20 heavy (non-hydrogen) atoms. The zero-order valence-corrected chi connectivity index (χ0v) is 12.8. The maximum Gasteiger partial charge on any atom is 0.246 e. The average molecular weight is 321 g/mol. The van der Waals surface area contributed by atoms with E-state index in [1.807, 2.05) is 6.92 Å². The number of sulfonamides is 1. The smallest absolute Gasteiger partial charge is 0.246 e. The number of benzene rings is 1. The topological polar surface area (TPSA) is 63.4 Å². The first kappa shape index (κ1) is 15.5. The van der Waals surface area contributed by atoms with Gasteiger partial charge in [0.1, 0.15) is 4.90 Å². The van der Waals surface area contributed by atoms with Gasteiger partial charge in [0.2, 0.25) is 10.0 Å². The van der Waals surface area contributed by atoms with E-state index in [2.05, 4.69) is 0 Å². The van der Waals surface area contributed by atoms with Crippen LogP contribution in [-0.2, 0) is 10.0 Å². The second kappa shape index (κ2) is 5.87. The number of hydrogen-bond acceptors (Lipinski definition) is 3. The molecule has 2 rings (SSSR count). The molecule has 0 spiro atoms. The lowest BCUT2D eigenvalue weighted by atomic mass is 10.0. The molecule has 1 fully saturated rings.